The molecule has 0 saturated carbocycles. The number of hydrogen-bond donors (Lipinski definition) is 2. The maximum atomic E-state index is 13.5. The largest absolute Gasteiger partial charge is 0.487 e. The third-order valence-corrected chi connectivity index (χ3v) is 7.94. The summed E-state index contributed by atoms with van der Waals surface area (Å²) in [5.74, 6) is 0.0383. The highest BCUT2D eigenvalue weighted by atomic mass is 32.2. The second-order valence-electron chi connectivity index (χ2n) is 8.74. The quantitative estimate of drug-likeness (QED) is 0.664. The first-order valence-corrected chi connectivity index (χ1v) is 12.4. The predicted octanol–water partition coefficient (Wildman–Crippen LogP) is 2.04. The van der Waals surface area contributed by atoms with E-state index >= 15 is 0 Å². The molecule has 1 aliphatic rings. The monoisotopic (exact) mass is 475 g/mol. The van der Waals surface area contributed by atoms with Gasteiger partial charge in [-0.2, -0.15) is 4.31 Å². The van der Waals surface area contributed by atoms with Crippen LogP contribution in [0.3, 0.4) is 0 Å². The van der Waals surface area contributed by atoms with Gasteiger partial charge in [0.2, 0.25) is 10.0 Å². The topological polar surface area (TPSA) is 99.2 Å². The number of fused-ring (bicyclic) bond motifs is 1. The third kappa shape index (κ3) is 5.22. The van der Waals surface area contributed by atoms with Gasteiger partial charge in [-0.3, -0.25) is 4.79 Å². The first-order chi connectivity index (χ1) is 15.6. The van der Waals surface area contributed by atoms with Crippen molar-refractivity contribution in [2.24, 2.45) is 5.92 Å². The van der Waals surface area contributed by atoms with E-state index in [0.717, 1.165) is 11.1 Å². The van der Waals surface area contributed by atoms with Gasteiger partial charge in [0.1, 0.15) is 16.7 Å². The second kappa shape index (κ2) is 10.2. The molecule has 0 aliphatic carbocycles. The summed E-state index contributed by atoms with van der Waals surface area (Å²) in [6.45, 7) is 4.15. The van der Waals surface area contributed by atoms with Crippen molar-refractivity contribution in [3.63, 3.8) is 0 Å². The molecule has 2 aromatic rings. The molecule has 0 unspecified atom stereocenters. The maximum Gasteiger partial charge on any atom is 0.253 e. The fourth-order valence-corrected chi connectivity index (χ4v) is 5.77. The molecule has 1 amide bonds. The first kappa shape index (κ1) is 25.2. The lowest BCUT2D eigenvalue weighted by molar-refractivity contribution is 0.0827. The van der Waals surface area contributed by atoms with Crippen LogP contribution in [0.1, 0.15) is 24.2 Å². The fourth-order valence-electron chi connectivity index (χ4n) is 3.94. The summed E-state index contributed by atoms with van der Waals surface area (Å²) in [6.07, 6.45) is -0.269. The molecule has 3 rings (SSSR count). The van der Waals surface area contributed by atoms with Crippen LogP contribution in [0.4, 0.5) is 0 Å². The number of likely N-dealkylation sites (N-methyl/N-ethyl adjacent to an activating group) is 1. The Morgan fingerprint density at radius 1 is 1.24 bits per heavy atom. The van der Waals surface area contributed by atoms with Crippen molar-refractivity contribution < 1.29 is 23.1 Å². The fraction of sp³-hybridized carbons (Fsp3) is 0.458. The van der Waals surface area contributed by atoms with Crippen LogP contribution in [0.2, 0.25) is 0 Å². The number of aliphatic hydroxyl groups is 1. The van der Waals surface area contributed by atoms with E-state index in [1.807, 2.05) is 20.0 Å². The Hall–Kier alpha value is -2.46. The van der Waals surface area contributed by atoms with Crippen molar-refractivity contribution in [2.45, 2.75) is 30.9 Å². The van der Waals surface area contributed by atoms with E-state index in [9.17, 15) is 18.3 Å². The van der Waals surface area contributed by atoms with Crippen molar-refractivity contribution in [1.82, 2.24) is 14.5 Å². The number of aliphatic hydroxyl groups excluding tert-OH is 1. The number of nitrogens with zero attached hydrogens (tertiary/aromatic N) is 2. The Kier molecular flexibility index (Phi) is 7.79. The van der Waals surface area contributed by atoms with Crippen molar-refractivity contribution in [1.29, 1.82) is 0 Å². The molecule has 3 atom stereocenters. The van der Waals surface area contributed by atoms with Crippen LogP contribution >= 0.6 is 0 Å². The molecular formula is C24H33N3O5S. The summed E-state index contributed by atoms with van der Waals surface area (Å²) in [7, 11) is 1.33. The number of carbonyl (C=O) groups is 1. The zero-order valence-corrected chi connectivity index (χ0v) is 20.6. The Labute approximate surface area is 196 Å². The van der Waals surface area contributed by atoms with Gasteiger partial charge in [0.05, 0.1) is 6.61 Å². The van der Waals surface area contributed by atoms with Crippen LogP contribution in [0, 0.1) is 5.92 Å². The highest BCUT2D eigenvalue weighted by Gasteiger charge is 2.37. The van der Waals surface area contributed by atoms with Gasteiger partial charge < -0.3 is 20.1 Å². The van der Waals surface area contributed by atoms with E-state index in [1.165, 1.54) is 9.21 Å². The van der Waals surface area contributed by atoms with Crippen molar-refractivity contribution >= 4 is 15.9 Å². The Morgan fingerprint density at radius 2 is 1.94 bits per heavy atom. The molecule has 0 bridgehead atoms. The molecule has 180 valence electrons. The van der Waals surface area contributed by atoms with Crippen LogP contribution in [-0.2, 0) is 10.0 Å². The highest BCUT2D eigenvalue weighted by Crippen LogP contribution is 2.36. The number of hydrogen-bond acceptors (Lipinski definition) is 6. The summed E-state index contributed by atoms with van der Waals surface area (Å²) in [4.78, 5) is 14.0. The summed E-state index contributed by atoms with van der Waals surface area (Å²) in [6, 6.07) is 11.6. The molecule has 8 nitrogen and oxygen atoms in total. The zero-order valence-electron chi connectivity index (χ0n) is 19.8. The molecule has 2 N–H and O–H groups in total. The number of sulfonamides is 1. The molecule has 0 aromatic heterocycles. The molecule has 2 aromatic carbocycles. The molecule has 33 heavy (non-hydrogen) atoms. The minimum absolute atomic E-state index is 0.0695. The third-order valence-electron chi connectivity index (χ3n) is 5.92. The smallest absolute Gasteiger partial charge is 0.253 e. The number of amides is 1. The standard InChI is InChI=1S/C24H33N3O5S/c1-16-14-27(17(2)15-28)33(30,31)23-10-9-19(12-21(23)32-22(16)13-25-3)18-7-6-8-20(11-18)24(29)26(4)5/h6-12,16-17,22,25,28H,13-15H2,1-5H3/t16-,17-,22+/m1/s1. The average Bonchev–Trinajstić information content (AvgIpc) is 2.80. The van der Waals surface area contributed by atoms with Gasteiger partial charge in [0.15, 0.2) is 0 Å². The Bertz CT molecular complexity index is 1100. The molecule has 0 spiro atoms. The summed E-state index contributed by atoms with van der Waals surface area (Å²) < 4.78 is 34.7. The van der Waals surface area contributed by atoms with E-state index < -0.39 is 16.1 Å². The molecule has 0 radical (unpaired) electrons. The van der Waals surface area contributed by atoms with Crippen molar-refractivity contribution in [2.75, 3.05) is 40.8 Å². The second-order valence-corrected chi connectivity index (χ2v) is 10.6. The molecule has 1 aliphatic heterocycles. The van der Waals surface area contributed by atoms with E-state index in [-0.39, 0.29) is 41.7 Å². The predicted molar refractivity (Wildman–Crippen MR) is 128 cm³/mol. The summed E-state index contributed by atoms with van der Waals surface area (Å²) in [5.41, 5.74) is 2.07. The minimum atomic E-state index is -3.89. The first-order valence-electron chi connectivity index (χ1n) is 11.0. The SMILES string of the molecule is CNC[C@@H]1Oc2cc(-c3cccc(C(=O)N(C)C)c3)ccc2S(=O)(=O)N([C@H](C)CO)C[C@H]1C. The number of ether oxygens (including phenoxy) is 1. The number of benzene rings is 2. The number of nitrogens with one attached hydrogen (secondary N) is 1. The average molecular weight is 476 g/mol. The molecular weight excluding hydrogens is 442 g/mol. The van der Waals surface area contributed by atoms with Crippen LogP contribution in [-0.4, -0.2) is 81.6 Å². The maximum absolute atomic E-state index is 13.5. The summed E-state index contributed by atoms with van der Waals surface area (Å²) >= 11 is 0. The Morgan fingerprint density at radius 3 is 2.58 bits per heavy atom. The van der Waals surface area contributed by atoms with Gasteiger partial charge in [-0.05, 0) is 49.4 Å². The van der Waals surface area contributed by atoms with Gasteiger partial charge >= 0.3 is 0 Å². The minimum Gasteiger partial charge on any atom is -0.487 e. The van der Waals surface area contributed by atoms with Gasteiger partial charge in [-0.1, -0.05) is 25.1 Å². The lowest BCUT2D eigenvalue weighted by Crippen LogP contribution is -2.49. The van der Waals surface area contributed by atoms with Crippen molar-refractivity contribution in [3.8, 4) is 16.9 Å². The molecule has 9 heteroatoms. The van der Waals surface area contributed by atoms with Crippen LogP contribution in [0.5, 0.6) is 5.75 Å². The lowest BCUT2D eigenvalue weighted by atomic mass is 10.0. The van der Waals surface area contributed by atoms with E-state index in [4.69, 9.17) is 4.74 Å². The zero-order chi connectivity index (χ0) is 24.3. The van der Waals surface area contributed by atoms with Crippen LogP contribution in [0.15, 0.2) is 47.4 Å². The Balaban J connectivity index is 2.13. The van der Waals surface area contributed by atoms with E-state index in [1.54, 1.807) is 57.4 Å². The number of carbonyl (C=O) groups excluding carboxylic acids is 1. The van der Waals surface area contributed by atoms with E-state index in [2.05, 4.69) is 5.32 Å². The lowest BCUT2D eigenvalue weighted by Gasteiger charge is -2.36. The molecule has 0 saturated heterocycles. The normalized spacial score (nSPS) is 21.3. The van der Waals surface area contributed by atoms with Crippen LogP contribution < -0.4 is 10.1 Å². The van der Waals surface area contributed by atoms with Gasteiger partial charge in [0, 0.05) is 44.7 Å². The van der Waals surface area contributed by atoms with E-state index in [0.29, 0.717) is 12.1 Å². The molecule has 0 fully saturated rings. The van der Waals surface area contributed by atoms with Gasteiger partial charge in [-0.15, -0.1) is 0 Å². The summed E-state index contributed by atoms with van der Waals surface area (Å²) in [5, 5.41) is 12.8. The van der Waals surface area contributed by atoms with Crippen molar-refractivity contribution in [3.05, 3.63) is 48.0 Å². The van der Waals surface area contributed by atoms with Crippen LogP contribution in [0.25, 0.3) is 11.1 Å². The number of rotatable bonds is 6. The molecule has 1 heterocycles. The highest BCUT2D eigenvalue weighted by molar-refractivity contribution is 7.89. The van der Waals surface area contributed by atoms with Gasteiger partial charge in [-0.25, -0.2) is 8.42 Å². The van der Waals surface area contributed by atoms with Gasteiger partial charge in [0.25, 0.3) is 5.91 Å².